The molecule has 0 bridgehead atoms. The second-order valence-electron chi connectivity index (χ2n) is 6.43. The molecule has 1 heterocycles. The molecule has 0 atom stereocenters. The highest BCUT2D eigenvalue weighted by molar-refractivity contribution is 5.92. The van der Waals surface area contributed by atoms with Crippen LogP contribution in [0.15, 0.2) is 57.7 Å². The van der Waals surface area contributed by atoms with E-state index in [4.69, 9.17) is 13.9 Å². The first-order valence-corrected chi connectivity index (χ1v) is 9.09. The van der Waals surface area contributed by atoms with Gasteiger partial charge in [0.05, 0.1) is 7.11 Å². The number of nitrogens with one attached hydrogen (secondary N) is 1. The molecule has 0 fully saturated rings. The van der Waals surface area contributed by atoms with E-state index in [0.717, 1.165) is 10.9 Å². The molecule has 0 aliphatic carbocycles. The van der Waals surface area contributed by atoms with Gasteiger partial charge in [0, 0.05) is 29.1 Å². The summed E-state index contributed by atoms with van der Waals surface area (Å²) in [6.45, 7) is 1.42. The number of esters is 1. The summed E-state index contributed by atoms with van der Waals surface area (Å²) in [6.07, 6.45) is 0.126. The van der Waals surface area contributed by atoms with Gasteiger partial charge in [-0.1, -0.05) is 18.2 Å². The summed E-state index contributed by atoms with van der Waals surface area (Å²) in [4.78, 5) is 36.1. The van der Waals surface area contributed by atoms with E-state index < -0.39 is 24.1 Å². The molecule has 0 aliphatic rings. The lowest BCUT2D eigenvalue weighted by atomic mass is 10.0. The molecule has 0 aliphatic heterocycles. The van der Waals surface area contributed by atoms with Crippen molar-refractivity contribution in [2.45, 2.75) is 19.8 Å². The number of hydrogen-bond donors (Lipinski definition) is 1. The monoisotopic (exact) mass is 395 g/mol. The fourth-order valence-electron chi connectivity index (χ4n) is 2.95. The Kier molecular flexibility index (Phi) is 6.29. The summed E-state index contributed by atoms with van der Waals surface area (Å²) in [5.74, 6) is -0.410. The molecule has 29 heavy (non-hydrogen) atoms. The third-order valence-corrected chi connectivity index (χ3v) is 4.50. The van der Waals surface area contributed by atoms with Crippen LogP contribution >= 0.6 is 0 Å². The summed E-state index contributed by atoms with van der Waals surface area (Å²) in [5, 5.41) is 3.40. The van der Waals surface area contributed by atoms with Crippen LogP contribution in [0, 0.1) is 6.92 Å². The van der Waals surface area contributed by atoms with Gasteiger partial charge < -0.3 is 19.2 Å². The average molecular weight is 395 g/mol. The van der Waals surface area contributed by atoms with Crippen molar-refractivity contribution in [3.63, 3.8) is 0 Å². The predicted octanol–water partition coefficient (Wildman–Crippen LogP) is 3.22. The van der Waals surface area contributed by atoms with Gasteiger partial charge in [-0.3, -0.25) is 9.59 Å². The first kappa shape index (κ1) is 20.1. The highest BCUT2D eigenvalue weighted by Gasteiger charge is 2.15. The predicted molar refractivity (Wildman–Crippen MR) is 108 cm³/mol. The maximum atomic E-state index is 12.3. The fraction of sp³-hybridized carbons (Fsp3) is 0.227. The molecule has 0 spiro atoms. The lowest BCUT2D eigenvalue weighted by Gasteiger charge is -2.09. The lowest BCUT2D eigenvalue weighted by molar-refractivity contribution is -0.147. The van der Waals surface area contributed by atoms with Crippen molar-refractivity contribution in [3.8, 4) is 5.75 Å². The molecule has 1 aromatic heterocycles. The zero-order valence-electron chi connectivity index (χ0n) is 16.2. The first-order chi connectivity index (χ1) is 14.0. The van der Waals surface area contributed by atoms with Crippen molar-refractivity contribution in [2.24, 2.45) is 0 Å². The number of para-hydroxylation sites is 1. The van der Waals surface area contributed by atoms with Crippen LogP contribution in [-0.4, -0.2) is 25.6 Å². The van der Waals surface area contributed by atoms with Crippen LogP contribution in [0.3, 0.4) is 0 Å². The Balaban J connectivity index is 1.59. The normalized spacial score (nSPS) is 10.6. The molecule has 7 nitrogen and oxygen atoms in total. The number of carbonyl (C=O) groups excluding carboxylic acids is 2. The Labute approximate surface area is 167 Å². The summed E-state index contributed by atoms with van der Waals surface area (Å²) in [7, 11) is 1.53. The molecular formula is C22H21NO6. The van der Waals surface area contributed by atoms with Crippen molar-refractivity contribution < 1.29 is 23.5 Å². The SMILES string of the molecule is COc1ccc2c(C)c(CCC(=O)OCC(=O)Nc3ccccc3)c(=O)oc2c1. The fourth-order valence-corrected chi connectivity index (χ4v) is 2.95. The topological polar surface area (TPSA) is 94.8 Å². The molecule has 7 heteroatoms. The Morgan fingerprint density at radius 1 is 1.10 bits per heavy atom. The smallest absolute Gasteiger partial charge is 0.339 e. The van der Waals surface area contributed by atoms with Gasteiger partial charge in [-0.25, -0.2) is 4.79 Å². The number of amides is 1. The molecule has 1 amide bonds. The molecule has 3 rings (SSSR count). The molecule has 0 saturated heterocycles. The van der Waals surface area contributed by atoms with E-state index in [2.05, 4.69) is 5.32 Å². The zero-order chi connectivity index (χ0) is 20.8. The number of fused-ring (bicyclic) bond motifs is 1. The van der Waals surface area contributed by atoms with E-state index in [-0.39, 0.29) is 12.8 Å². The Morgan fingerprint density at radius 3 is 2.59 bits per heavy atom. The average Bonchev–Trinajstić information content (AvgIpc) is 2.72. The van der Waals surface area contributed by atoms with Gasteiger partial charge in [0.25, 0.3) is 5.91 Å². The van der Waals surface area contributed by atoms with Crippen LogP contribution in [0.1, 0.15) is 17.5 Å². The maximum absolute atomic E-state index is 12.3. The third kappa shape index (κ3) is 5.01. The summed E-state index contributed by atoms with van der Waals surface area (Å²) >= 11 is 0. The number of methoxy groups -OCH3 is 1. The number of aryl methyl sites for hydroxylation is 1. The molecule has 3 aromatic rings. The third-order valence-electron chi connectivity index (χ3n) is 4.50. The molecule has 2 aromatic carbocycles. The Morgan fingerprint density at radius 2 is 1.86 bits per heavy atom. The largest absolute Gasteiger partial charge is 0.497 e. The van der Waals surface area contributed by atoms with Crippen molar-refractivity contribution in [2.75, 3.05) is 19.0 Å². The minimum absolute atomic E-state index is 0.0358. The van der Waals surface area contributed by atoms with E-state index in [1.165, 1.54) is 7.11 Å². The van der Waals surface area contributed by atoms with Gasteiger partial charge in [-0.2, -0.15) is 0 Å². The van der Waals surface area contributed by atoms with E-state index >= 15 is 0 Å². The molecular weight excluding hydrogens is 374 g/mol. The van der Waals surface area contributed by atoms with Gasteiger partial charge >= 0.3 is 11.6 Å². The van der Waals surface area contributed by atoms with Gasteiger partial charge in [0.2, 0.25) is 0 Å². The van der Waals surface area contributed by atoms with Gasteiger partial charge in [0.15, 0.2) is 6.61 Å². The summed E-state index contributed by atoms with van der Waals surface area (Å²) in [5.41, 5.74) is 1.70. The van der Waals surface area contributed by atoms with Gasteiger partial charge in [-0.05, 0) is 43.2 Å². The van der Waals surface area contributed by atoms with Crippen LogP contribution in [-0.2, 0) is 20.7 Å². The van der Waals surface area contributed by atoms with E-state index in [1.54, 1.807) is 43.3 Å². The lowest BCUT2D eigenvalue weighted by Crippen LogP contribution is -2.21. The maximum Gasteiger partial charge on any atom is 0.339 e. The van der Waals surface area contributed by atoms with Crippen molar-refractivity contribution in [1.82, 2.24) is 0 Å². The van der Waals surface area contributed by atoms with Crippen LogP contribution in [0.2, 0.25) is 0 Å². The molecule has 0 radical (unpaired) electrons. The quantitative estimate of drug-likeness (QED) is 0.488. The van der Waals surface area contributed by atoms with Crippen LogP contribution in [0.25, 0.3) is 11.0 Å². The second kappa shape index (κ2) is 9.05. The van der Waals surface area contributed by atoms with Crippen molar-refractivity contribution >= 4 is 28.5 Å². The molecule has 150 valence electrons. The number of anilines is 1. The Hall–Kier alpha value is -3.61. The number of carbonyl (C=O) groups is 2. The number of ether oxygens (including phenoxy) is 2. The van der Waals surface area contributed by atoms with Crippen molar-refractivity contribution in [1.29, 1.82) is 0 Å². The zero-order valence-corrected chi connectivity index (χ0v) is 16.2. The van der Waals surface area contributed by atoms with Gasteiger partial charge in [-0.15, -0.1) is 0 Å². The van der Waals surface area contributed by atoms with Gasteiger partial charge in [0.1, 0.15) is 11.3 Å². The van der Waals surface area contributed by atoms with Crippen molar-refractivity contribution in [3.05, 3.63) is 70.1 Å². The van der Waals surface area contributed by atoms with Crippen LogP contribution in [0.5, 0.6) is 5.75 Å². The van der Waals surface area contributed by atoms with Crippen LogP contribution < -0.4 is 15.7 Å². The number of rotatable bonds is 7. The minimum Gasteiger partial charge on any atom is -0.497 e. The van der Waals surface area contributed by atoms with Crippen LogP contribution in [0.4, 0.5) is 5.69 Å². The standard InChI is InChI=1S/C22H21NO6/c1-14-17-9-8-16(27-2)12-19(17)29-22(26)18(14)10-11-21(25)28-13-20(24)23-15-6-4-3-5-7-15/h3-9,12H,10-11,13H2,1-2H3,(H,23,24). The van der Waals surface area contributed by atoms with E-state index in [9.17, 15) is 14.4 Å². The second-order valence-corrected chi connectivity index (χ2v) is 6.43. The van der Waals surface area contributed by atoms with E-state index in [1.807, 2.05) is 12.1 Å². The number of benzene rings is 2. The Bertz CT molecular complexity index is 1090. The highest BCUT2D eigenvalue weighted by Crippen LogP contribution is 2.24. The summed E-state index contributed by atoms with van der Waals surface area (Å²) in [6, 6.07) is 14.1. The molecule has 0 saturated carbocycles. The molecule has 0 unspecified atom stereocenters. The molecule has 1 N–H and O–H groups in total. The summed E-state index contributed by atoms with van der Waals surface area (Å²) < 4.78 is 15.5. The number of hydrogen-bond acceptors (Lipinski definition) is 6. The van der Waals surface area contributed by atoms with E-state index in [0.29, 0.717) is 22.6 Å². The first-order valence-electron chi connectivity index (χ1n) is 9.09. The highest BCUT2D eigenvalue weighted by atomic mass is 16.5. The minimum atomic E-state index is -0.568.